The zero-order valence-corrected chi connectivity index (χ0v) is 13.1. The molecule has 0 bridgehead atoms. The van der Waals surface area contributed by atoms with Gasteiger partial charge in [-0.2, -0.15) is 0 Å². The van der Waals surface area contributed by atoms with Crippen LogP contribution in [0, 0.1) is 0 Å². The highest BCUT2D eigenvalue weighted by atomic mass is 32.2. The molecule has 1 aromatic carbocycles. The number of thioether (sulfide) groups is 1. The van der Waals surface area contributed by atoms with Crippen LogP contribution in [-0.2, 0) is 0 Å². The van der Waals surface area contributed by atoms with Crippen LogP contribution >= 0.6 is 11.8 Å². The van der Waals surface area contributed by atoms with E-state index < -0.39 is 5.97 Å². The number of aromatic carboxylic acids is 1. The first kappa shape index (κ1) is 15.2. The number of anilines is 1. The summed E-state index contributed by atoms with van der Waals surface area (Å²) in [5, 5.41) is 9.58. The van der Waals surface area contributed by atoms with Crippen LogP contribution in [0.3, 0.4) is 0 Å². The average molecular weight is 293 g/mol. The normalized spacial score (nSPS) is 16.1. The Bertz CT molecular complexity index is 470. The Balaban J connectivity index is 2.40. The molecule has 0 aromatic heterocycles. The molecule has 0 radical (unpaired) electrons. The lowest BCUT2D eigenvalue weighted by molar-refractivity contribution is 0.0693. The molecule has 1 saturated carbocycles. The summed E-state index contributed by atoms with van der Waals surface area (Å²) in [6.45, 7) is 2.98. The van der Waals surface area contributed by atoms with Crippen LogP contribution in [0.2, 0.25) is 0 Å². The molecule has 2 rings (SSSR count). The van der Waals surface area contributed by atoms with E-state index in [1.54, 1.807) is 0 Å². The monoisotopic (exact) mass is 293 g/mol. The first-order chi connectivity index (χ1) is 9.69. The summed E-state index contributed by atoms with van der Waals surface area (Å²) in [6.07, 6.45) is 8.11. The van der Waals surface area contributed by atoms with Crippen LogP contribution in [0.25, 0.3) is 0 Å². The summed E-state index contributed by atoms with van der Waals surface area (Å²) in [7, 11) is 0. The molecule has 3 nitrogen and oxygen atoms in total. The Morgan fingerprint density at radius 3 is 2.60 bits per heavy atom. The Morgan fingerprint density at radius 2 is 2.05 bits per heavy atom. The number of carboxylic acids is 1. The maximum absolute atomic E-state index is 11.7. The number of carboxylic acid groups (broad SMARTS) is 1. The van der Waals surface area contributed by atoms with Gasteiger partial charge in [0.15, 0.2) is 0 Å². The van der Waals surface area contributed by atoms with E-state index >= 15 is 0 Å². The van der Waals surface area contributed by atoms with Crippen molar-refractivity contribution >= 4 is 23.4 Å². The minimum Gasteiger partial charge on any atom is -0.478 e. The predicted octanol–water partition coefficient (Wildman–Crippen LogP) is 4.27. The van der Waals surface area contributed by atoms with Gasteiger partial charge in [-0.05, 0) is 38.2 Å². The summed E-state index contributed by atoms with van der Waals surface area (Å²) >= 11 is 1.50. The molecule has 0 heterocycles. The van der Waals surface area contributed by atoms with Crippen molar-refractivity contribution in [2.75, 3.05) is 17.7 Å². The van der Waals surface area contributed by atoms with Gasteiger partial charge in [-0.15, -0.1) is 11.8 Å². The van der Waals surface area contributed by atoms with Gasteiger partial charge < -0.3 is 10.0 Å². The summed E-state index contributed by atoms with van der Waals surface area (Å²) in [5.41, 5.74) is 1.35. The van der Waals surface area contributed by atoms with Gasteiger partial charge in [0, 0.05) is 17.5 Å². The minimum absolute atomic E-state index is 0.465. The number of benzene rings is 1. The first-order valence-corrected chi connectivity index (χ1v) is 8.58. The lowest BCUT2D eigenvalue weighted by Gasteiger charge is -2.36. The van der Waals surface area contributed by atoms with E-state index in [0.717, 1.165) is 17.1 Å². The van der Waals surface area contributed by atoms with Crippen molar-refractivity contribution in [3.63, 3.8) is 0 Å². The van der Waals surface area contributed by atoms with Crippen LogP contribution in [0.1, 0.15) is 49.4 Å². The molecular weight excluding hydrogens is 270 g/mol. The van der Waals surface area contributed by atoms with Gasteiger partial charge in [-0.3, -0.25) is 0 Å². The third-order valence-corrected chi connectivity index (χ3v) is 4.88. The van der Waals surface area contributed by atoms with Crippen LogP contribution in [-0.4, -0.2) is 29.9 Å². The maximum Gasteiger partial charge on any atom is 0.338 e. The van der Waals surface area contributed by atoms with Crippen LogP contribution in [0.15, 0.2) is 23.1 Å². The molecule has 0 saturated heterocycles. The van der Waals surface area contributed by atoms with Crippen molar-refractivity contribution in [1.29, 1.82) is 0 Å². The van der Waals surface area contributed by atoms with Crippen LogP contribution in [0.5, 0.6) is 0 Å². The average Bonchev–Trinajstić information content (AvgIpc) is 2.48. The molecule has 0 aliphatic heterocycles. The van der Waals surface area contributed by atoms with Crippen molar-refractivity contribution in [3.05, 3.63) is 23.8 Å². The molecule has 0 unspecified atom stereocenters. The second-order valence-corrected chi connectivity index (χ2v) is 6.09. The molecule has 0 spiro atoms. The van der Waals surface area contributed by atoms with Gasteiger partial charge >= 0.3 is 5.97 Å². The zero-order chi connectivity index (χ0) is 14.5. The van der Waals surface area contributed by atoms with Gasteiger partial charge in [0.05, 0.1) is 11.3 Å². The van der Waals surface area contributed by atoms with Gasteiger partial charge in [0.25, 0.3) is 0 Å². The molecule has 1 fully saturated rings. The van der Waals surface area contributed by atoms with Crippen LogP contribution in [0.4, 0.5) is 5.69 Å². The molecule has 0 amide bonds. The fraction of sp³-hybridized carbons (Fsp3) is 0.562. The second kappa shape index (κ2) is 7.02. The standard InChI is InChI=1S/C16H23NO2S/c1-3-17(12-8-5-4-6-9-12)13-10-7-11-14(20-2)15(13)16(18)19/h7,10-12H,3-6,8-9H2,1-2H3,(H,18,19). The van der Waals surface area contributed by atoms with Gasteiger partial charge in [-0.1, -0.05) is 25.3 Å². The molecule has 1 aliphatic carbocycles. The number of nitrogens with zero attached hydrogens (tertiary/aromatic N) is 1. The highest BCUT2D eigenvalue weighted by molar-refractivity contribution is 7.98. The molecule has 20 heavy (non-hydrogen) atoms. The molecule has 0 atom stereocenters. The fourth-order valence-corrected chi connectivity index (χ4v) is 3.77. The molecule has 4 heteroatoms. The SMILES string of the molecule is CCN(c1cccc(SC)c1C(=O)O)C1CCCCC1. The predicted molar refractivity (Wildman–Crippen MR) is 85.1 cm³/mol. The first-order valence-electron chi connectivity index (χ1n) is 7.36. The Hall–Kier alpha value is -1.16. The molecule has 110 valence electrons. The van der Waals surface area contributed by atoms with E-state index in [9.17, 15) is 9.90 Å². The maximum atomic E-state index is 11.7. The highest BCUT2D eigenvalue weighted by Crippen LogP contribution is 2.33. The summed E-state index contributed by atoms with van der Waals surface area (Å²) in [5.74, 6) is -0.820. The van der Waals surface area contributed by atoms with Crippen molar-refractivity contribution < 1.29 is 9.90 Å². The van der Waals surface area contributed by atoms with Gasteiger partial charge in [0.2, 0.25) is 0 Å². The molecule has 1 aliphatic rings. The number of rotatable bonds is 5. The Labute approximate surface area is 125 Å². The zero-order valence-electron chi connectivity index (χ0n) is 12.3. The number of hydrogen-bond acceptors (Lipinski definition) is 3. The highest BCUT2D eigenvalue weighted by Gasteiger charge is 2.25. The van der Waals surface area contributed by atoms with Crippen LogP contribution < -0.4 is 4.90 Å². The van der Waals surface area contributed by atoms with E-state index in [1.165, 1.54) is 43.9 Å². The van der Waals surface area contributed by atoms with Crippen molar-refractivity contribution in [2.24, 2.45) is 0 Å². The largest absolute Gasteiger partial charge is 0.478 e. The van der Waals surface area contributed by atoms with Gasteiger partial charge in [-0.25, -0.2) is 4.79 Å². The Kier molecular flexibility index (Phi) is 5.35. The number of carbonyl (C=O) groups is 1. The molecule has 1 aromatic rings. The van der Waals surface area contributed by atoms with Crippen molar-refractivity contribution in [3.8, 4) is 0 Å². The molecule has 1 N–H and O–H groups in total. The topological polar surface area (TPSA) is 40.5 Å². The van der Waals surface area contributed by atoms with Crippen molar-refractivity contribution in [2.45, 2.75) is 50.0 Å². The lowest BCUT2D eigenvalue weighted by Crippen LogP contribution is -2.37. The Morgan fingerprint density at radius 1 is 1.35 bits per heavy atom. The van der Waals surface area contributed by atoms with E-state index in [-0.39, 0.29) is 0 Å². The molecular formula is C16H23NO2S. The third-order valence-electron chi connectivity index (χ3n) is 4.10. The summed E-state index contributed by atoms with van der Waals surface area (Å²) in [4.78, 5) is 14.8. The quantitative estimate of drug-likeness (QED) is 0.823. The number of hydrogen-bond donors (Lipinski definition) is 1. The second-order valence-electron chi connectivity index (χ2n) is 5.24. The lowest BCUT2D eigenvalue weighted by atomic mass is 9.93. The van der Waals surface area contributed by atoms with E-state index in [4.69, 9.17) is 0 Å². The van der Waals surface area contributed by atoms with E-state index in [1.807, 2.05) is 24.5 Å². The van der Waals surface area contributed by atoms with E-state index in [0.29, 0.717) is 11.6 Å². The summed E-state index contributed by atoms with van der Waals surface area (Å²) < 4.78 is 0. The fourth-order valence-electron chi connectivity index (χ4n) is 3.16. The third kappa shape index (κ3) is 3.11. The smallest absolute Gasteiger partial charge is 0.338 e. The summed E-state index contributed by atoms with van der Waals surface area (Å²) in [6, 6.07) is 6.32. The van der Waals surface area contributed by atoms with Gasteiger partial charge in [0.1, 0.15) is 0 Å². The van der Waals surface area contributed by atoms with E-state index in [2.05, 4.69) is 11.8 Å². The van der Waals surface area contributed by atoms with Crippen molar-refractivity contribution in [1.82, 2.24) is 0 Å². The minimum atomic E-state index is -0.820.